The van der Waals surface area contributed by atoms with Crippen LogP contribution in [0.25, 0.3) is 0 Å². The van der Waals surface area contributed by atoms with Crippen LogP contribution in [0.4, 0.5) is 4.79 Å². The summed E-state index contributed by atoms with van der Waals surface area (Å²) in [6, 6.07) is 14.7. The van der Waals surface area contributed by atoms with E-state index in [1.807, 2.05) is 23.2 Å². The first kappa shape index (κ1) is 16.7. The maximum atomic E-state index is 12.4. The second kappa shape index (κ2) is 6.62. The quantitative estimate of drug-likeness (QED) is 0.830. The monoisotopic (exact) mass is 364 g/mol. The number of hydrogen-bond acceptors (Lipinski definition) is 5. The van der Waals surface area contributed by atoms with Gasteiger partial charge in [-0.3, -0.25) is 19.7 Å². The highest BCUT2D eigenvalue weighted by Crippen LogP contribution is 2.40. The molecule has 1 atom stereocenters. The van der Waals surface area contributed by atoms with Gasteiger partial charge in [-0.2, -0.15) is 0 Å². The van der Waals surface area contributed by atoms with E-state index in [4.69, 9.17) is 4.74 Å². The Morgan fingerprint density at radius 3 is 2.56 bits per heavy atom. The van der Waals surface area contributed by atoms with Crippen molar-refractivity contribution in [1.29, 1.82) is 0 Å². The Morgan fingerprint density at radius 1 is 1.00 bits per heavy atom. The molecule has 1 aromatic carbocycles. The number of hydrogen-bond donors (Lipinski definition) is 0. The predicted octanol–water partition coefficient (Wildman–Crippen LogP) is 1.97. The van der Waals surface area contributed by atoms with Crippen molar-refractivity contribution in [2.45, 2.75) is 24.7 Å². The van der Waals surface area contributed by atoms with E-state index in [0.29, 0.717) is 0 Å². The van der Waals surface area contributed by atoms with Crippen LogP contribution in [0.5, 0.6) is 0 Å². The summed E-state index contributed by atoms with van der Waals surface area (Å²) in [6.45, 7) is 5.91. The molecule has 6 nitrogen and oxygen atoms in total. The summed E-state index contributed by atoms with van der Waals surface area (Å²) >= 11 is 0. The van der Waals surface area contributed by atoms with E-state index in [1.54, 1.807) is 6.20 Å². The number of carbonyl (C=O) groups excluding carboxylic acids is 1. The molecule has 4 heterocycles. The third-order valence-corrected chi connectivity index (χ3v) is 5.96. The van der Waals surface area contributed by atoms with Gasteiger partial charge in [0.25, 0.3) is 0 Å². The van der Waals surface area contributed by atoms with E-state index in [0.717, 1.165) is 45.8 Å². The van der Waals surface area contributed by atoms with Crippen molar-refractivity contribution in [2.24, 2.45) is 0 Å². The van der Waals surface area contributed by atoms with Gasteiger partial charge in [0.1, 0.15) is 0 Å². The van der Waals surface area contributed by atoms with Crippen molar-refractivity contribution in [3.05, 3.63) is 66.0 Å². The minimum absolute atomic E-state index is 0.139. The van der Waals surface area contributed by atoms with Crippen LogP contribution in [0.3, 0.4) is 0 Å². The summed E-state index contributed by atoms with van der Waals surface area (Å²) < 4.78 is 5.90. The zero-order valence-electron chi connectivity index (χ0n) is 15.3. The molecule has 0 saturated carbocycles. The van der Waals surface area contributed by atoms with Gasteiger partial charge in [0.05, 0.1) is 6.04 Å². The average Bonchev–Trinajstić information content (AvgIpc) is 2.96. The van der Waals surface area contributed by atoms with E-state index < -0.39 is 0 Å². The Hall–Kier alpha value is -2.44. The Bertz CT molecular complexity index is 807. The molecule has 140 valence electrons. The Balaban J connectivity index is 1.25. The fraction of sp³-hybridized carbons (Fsp3) is 0.429. The highest BCUT2D eigenvalue weighted by Gasteiger charge is 2.61. The van der Waals surface area contributed by atoms with Crippen LogP contribution in [0.15, 0.2) is 54.9 Å². The van der Waals surface area contributed by atoms with Crippen molar-refractivity contribution in [3.8, 4) is 0 Å². The van der Waals surface area contributed by atoms with Crippen LogP contribution < -0.4 is 0 Å². The molecular weight excluding hydrogens is 340 g/mol. The third kappa shape index (κ3) is 3.09. The van der Waals surface area contributed by atoms with Gasteiger partial charge in [0.2, 0.25) is 0 Å². The average molecular weight is 364 g/mol. The number of nitrogens with zero attached hydrogens (tertiary/aromatic N) is 4. The molecule has 1 spiro atoms. The number of piperazine rings is 1. The van der Waals surface area contributed by atoms with Gasteiger partial charge in [-0.25, -0.2) is 4.79 Å². The highest BCUT2D eigenvalue weighted by atomic mass is 16.6. The molecule has 27 heavy (non-hydrogen) atoms. The number of carbonyl (C=O) groups is 1. The molecule has 0 aliphatic carbocycles. The fourth-order valence-electron chi connectivity index (χ4n) is 4.64. The molecule has 3 fully saturated rings. The Labute approximate surface area is 159 Å². The van der Waals surface area contributed by atoms with Crippen molar-refractivity contribution >= 4 is 6.09 Å². The molecule has 0 N–H and O–H groups in total. The first-order valence-electron chi connectivity index (χ1n) is 9.59. The molecule has 0 radical (unpaired) electrons. The molecular formula is C21H24N4O2. The first-order valence-corrected chi connectivity index (χ1v) is 9.59. The van der Waals surface area contributed by atoms with E-state index in [1.165, 1.54) is 11.1 Å². The lowest BCUT2D eigenvalue weighted by atomic mass is 9.84. The zero-order chi connectivity index (χ0) is 18.3. The molecule has 1 unspecified atom stereocenters. The third-order valence-electron chi connectivity index (χ3n) is 5.96. The van der Waals surface area contributed by atoms with Crippen LogP contribution in [0.2, 0.25) is 0 Å². The largest absolute Gasteiger partial charge is 0.438 e. The number of likely N-dealkylation sites (tertiary alicyclic amines) is 1. The lowest BCUT2D eigenvalue weighted by molar-refractivity contribution is -0.107. The number of aromatic nitrogens is 1. The van der Waals surface area contributed by atoms with E-state index in [9.17, 15) is 4.79 Å². The minimum Gasteiger partial charge on any atom is -0.438 e. The SMILES string of the molecule is O=C1OC2(CN(Cc3cccnc3)C2)C2CN(Cc3ccccc3)CCN12. The lowest BCUT2D eigenvalue weighted by Crippen LogP contribution is -2.70. The fourth-order valence-corrected chi connectivity index (χ4v) is 4.64. The molecule has 5 rings (SSSR count). The minimum atomic E-state index is -0.353. The summed E-state index contributed by atoms with van der Waals surface area (Å²) in [4.78, 5) is 23.3. The van der Waals surface area contributed by atoms with Gasteiger partial charge in [-0.05, 0) is 17.2 Å². The Morgan fingerprint density at radius 2 is 1.78 bits per heavy atom. The van der Waals surface area contributed by atoms with Gasteiger partial charge in [0, 0.05) is 58.2 Å². The summed E-state index contributed by atoms with van der Waals surface area (Å²) in [7, 11) is 0. The summed E-state index contributed by atoms with van der Waals surface area (Å²) in [5.74, 6) is 0. The van der Waals surface area contributed by atoms with Gasteiger partial charge in [-0.15, -0.1) is 0 Å². The maximum absolute atomic E-state index is 12.4. The van der Waals surface area contributed by atoms with Gasteiger partial charge < -0.3 is 4.74 Å². The van der Waals surface area contributed by atoms with Crippen LogP contribution in [-0.4, -0.2) is 70.1 Å². The van der Waals surface area contributed by atoms with E-state index in [-0.39, 0.29) is 17.7 Å². The number of amides is 1. The molecule has 0 bridgehead atoms. The first-order chi connectivity index (χ1) is 13.2. The topological polar surface area (TPSA) is 48.9 Å². The van der Waals surface area contributed by atoms with Crippen LogP contribution in [0.1, 0.15) is 11.1 Å². The smallest absolute Gasteiger partial charge is 0.410 e. The zero-order valence-corrected chi connectivity index (χ0v) is 15.3. The lowest BCUT2D eigenvalue weighted by Gasteiger charge is -2.51. The van der Waals surface area contributed by atoms with Crippen LogP contribution in [-0.2, 0) is 17.8 Å². The van der Waals surface area contributed by atoms with Crippen molar-refractivity contribution in [1.82, 2.24) is 19.7 Å². The van der Waals surface area contributed by atoms with Gasteiger partial charge in [0.15, 0.2) is 5.60 Å². The van der Waals surface area contributed by atoms with Crippen molar-refractivity contribution < 1.29 is 9.53 Å². The standard InChI is InChI=1S/C21H24N4O2/c26-20-25-10-9-23(12-17-5-2-1-3-6-17)14-19(25)21(27-20)15-24(16-21)13-18-7-4-8-22-11-18/h1-8,11,19H,9-10,12-16H2. The Kier molecular flexibility index (Phi) is 4.10. The van der Waals surface area contributed by atoms with Crippen LogP contribution >= 0.6 is 0 Å². The second-order valence-electron chi connectivity index (χ2n) is 7.87. The van der Waals surface area contributed by atoms with Gasteiger partial charge in [-0.1, -0.05) is 36.4 Å². The summed E-state index contributed by atoms with van der Waals surface area (Å²) in [5.41, 5.74) is 2.16. The highest BCUT2D eigenvalue weighted by molar-refractivity contribution is 5.72. The normalized spacial score (nSPS) is 24.5. The second-order valence-corrected chi connectivity index (χ2v) is 7.87. The van der Waals surface area contributed by atoms with E-state index in [2.05, 4.69) is 45.1 Å². The van der Waals surface area contributed by atoms with Crippen molar-refractivity contribution in [3.63, 3.8) is 0 Å². The number of pyridine rings is 1. The number of rotatable bonds is 4. The van der Waals surface area contributed by atoms with E-state index >= 15 is 0 Å². The number of ether oxygens (including phenoxy) is 1. The maximum Gasteiger partial charge on any atom is 0.410 e. The number of fused-ring (bicyclic) bond motifs is 2. The molecule has 6 heteroatoms. The molecule has 1 aromatic heterocycles. The summed E-state index contributed by atoms with van der Waals surface area (Å²) in [6.07, 6.45) is 3.56. The molecule has 2 aromatic rings. The number of benzene rings is 1. The van der Waals surface area contributed by atoms with Crippen molar-refractivity contribution in [2.75, 3.05) is 32.7 Å². The van der Waals surface area contributed by atoms with Crippen LogP contribution in [0, 0.1) is 0 Å². The molecule has 1 amide bonds. The molecule has 3 aliphatic heterocycles. The molecule has 3 saturated heterocycles. The predicted molar refractivity (Wildman–Crippen MR) is 101 cm³/mol. The summed E-state index contributed by atoms with van der Waals surface area (Å²) in [5, 5.41) is 0. The molecule has 3 aliphatic rings. The van der Waals surface area contributed by atoms with Gasteiger partial charge >= 0.3 is 6.09 Å².